The van der Waals surface area contributed by atoms with Crippen LogP contribution in [0.3, 0.4) is 0 Å². The molecule has 0 fully saturated rings. The molecule has 1 aromatic heterocycles. The van der Waals surface area contributed by atoms with Crippen molar-refractivity contribution in [3.8, 4) is 0 Å². The van der Waals surface area contributed by atoms with Crippen molar-refractivity contribution in [1.82, 2.24) is 9.97 Å². The fraction of sp³-hybridized carbons (Fsp3) is 0.476. The fourth-order valence-electron chi connectivity index (χ4n) is 3.68. The third-order valence-electron chi connectivity index (χ3n) is 5.09. The number of H-pyrrole nitrogens is 2. The lowest BCUT2D eigenvalue weighted by Gasteiger charge is -2.31. The monoisotopic (exact) mass is 402 g/mol. The molecule has 0 bridgehead atoms. The molecule has 0 unspecified atom stereocenters. The summed E-state index contributed by atoms with van der Waals surface area (Å²) in [5.41, 5.74) is 2.60. The second-order valence-electron chi connectivity index (χ2n) is 7.10. The van der Waals surface area contributed by atoms with Crippen molar-refractivity contribution in [3.63, 3.8) is 0 Å². The lowest BCUT2D eigenvalue weighted by Crippen LogP contribution is -2.33. The highest BCUT2D eigenvalue weighted by Crippen LogP contribution is 2.32. The SMILES string of the molecule is COC(=O)CCCC[C@@H]1O[C@H](CCc2ccccc2)Cc2[nH]c(=S)[nH]c(=O)c21. The Labute approximate surface area is 169 Å². The van der Waals surface area contributed by atoms with Gasteiger partial charge in [0.25, 0.3) is 5.56 Å². The first-order valence-electron chi connectivity index (χ1n) is 9.68. The first-order chi connectivity index (χ1) is 13.6. The van der Waals surface area contributed by atoms with Gasteiger partial charge in [-0.15, -0.1) is 0 Å². The maximum atomic E-state index is 12.5. The van der Waals surface area contributed by atoms with Crippen molar-refractivity contribution >= 4 is 18.2 Å². The van der Waals surface area contributed by atoms with Crippen molar-refractivity contribution < 1.29 is 14.3 Å². The van der Waals surface area contributed by atoms with E-state index in [1.165, 1.54) is 12.7 Å². The summed E-state index contributed by atoms with van der Waals surface area (Å²) >= 11 is 5.15. The molecule has 7 heteroatoms. The highest BCUT2D eigenvalue weighted by Gasteiger charge is 2.30. The van der Waals surface area contributed by atoms with Gasteiger partial charge in [-0.05, 0) is 49.9 Å². The molecule has 6 nitrogen and oxygen atoms in total. The molecular weight excluding hydrogens is 376 g/mol. The summed E-state index contributed by atoms with van der Waals surface area (Å²) in [7, 11) is 1.39. The number of aryl methyl sites for hydroxylation is 1. The van der Waals surface area contributed by atoms with Gasteiger partial charge in [-0.3, -0.25) is 14.6 Å². The van der Waals surface area contributed by atoms with E-state index >= 15 is 0 Å². The van der Waals surface area contributed by atoms with Crippen LogP contribution in [0.2, 0.25) is 0 Å². The largest absolute Gasteiger partial charge is 0.469 e. The number of hydrogen-bond acceptors (Lipinski definition) is 5. The minimum absolute atomic E-state index is 0.0192. The summed E-state index contributed by atoms with van der Waals surface area (Å²) in [5.74, 6) is -0.215. The number of benzene rings is 1. The Balaban J connectivity index is 1.69. The Bertz CT molecular complexity index is 907. The molecular formula is C21H26N2O4S. The summed E-state index contributed by atoms with van der Waals surface area (Å²) in [5, 5.41) is 0. The minimum Gasteiger partial charge on any atom is -0.469 e. The van der Waals surface area contributed by atoms with Gasteiger partial charge in [0, 0.05) is 18.5 Å². The third-order valence-corrected chi connectivity index (χ3v) is 5.30. The lowest BCUT2D eigenvalue weighted by molar-refractivity contribution is -0.140. The van der Waals surface area contributed by atoms with Gasteiger partial charge in [0.15, 0.2) is 4.77 Å². The Kier molecular flexibility index (Phi) is 7.17. The van der Waals surface area contributed by atoms with Gasteiger partial charge in [0.1, 0.15) is 0 Å². The zero-order chi connectivity index (χ0) is 19.9. The molecule has 0 amide bonds. The van der Waals surface area contributed by atoms with E-state index in [-0.39, 0.29) is 23.7 Å². The van der Waals surface area contributed by atoms with E-state index in [0.29, 0.717) is 36.0 Å². The number of hydrogen-bond donors (Lipinski definition) is 2. The number of fused-ring (bicyclic) bond motifs is 1. The van der Waals surface area contributed by atoms with Crippen molar-refractivity contribution in [2.45, 2.75) is 57.2 Å². The van der Waals surface area contributed by atoms with Crippen molar-refractivity contribution in [2.24, 2.45) is 0 Å². The molecule has 1 aliphatic heterocycles. The van der Waals surface area contributed by atoms with Gasteiger partial charge in [-0.2, -0.15) is 0 Å². The molecule has 3 rings (SSSR count). The van der Waals surface area contributed by atoms with E-state index in [9.17, 15) is 9.59 Å². The van der Waals surface area contributed by atoms with Crippen LogP contribution in [-0.2, 0) is 27.1 Å². The predicted octanol–water partition coefficient (Wildman–Crippen LogP) is 3.78. The molecule has 2 N–H and O–H groups in total. The van der Waals surface area contributed by atoms with Gasteiger partial charge in [0.2, 0.25) is 0 Å². The van der Waals surface area contributed by atoms with E-state index in [1.54, 1.807) is 0 Å². The van der Waals surface area contributed by atoms with Crippen LogP contribution in [0.5, 0.6) is 0 Å². The van der Waals surface area contributed by atoms with E-state index < -0.39 is 0 Å². The number of aromatic amines is 2. The van der Waals surface area contributed by atoms with Gasteiger partial charge < -0.3 is 14.5 Å². The Morgan fingerprint density at radius 3 is 2.75 bits per heavy atom. The van der Waals surface area contributed by atoms with Crippen molar-refractivity contribution in [3.05, 3.63) is 62.3 Å². The normalized spacial score (nSPS) is 18.5. The third kappa shape index (κ3) is 5.39. The maximum absolute atomic E-state index is 12.5. The summed E-state index contributed by atoms with van der Waals surface area (Å²) in [4.78, 5) is 29.6. The fourth-order valence-corrected chi connectivity index (χ4v) is 3.89. The summed E-state index contributed by atoms with van der Waals surface area (Å²) in [6, 6.07) is 10.3. The average Bonchev–Trinajstić information content (AvgIpc) is 2.69. The molecule has 150 valence electrons. The maximum Gasteiger partial charge on any atom is 0.305 e. The molecule has 2 aromatic rings. The Hall–Kier alpha value is -2.25. The zero-order valence-electron chi connectivity index (χ0n) is 16.0. The molecule has 0 saturated carbocycles. The number of rotatable bonds is 8. The first kappa shape index (κ1) is 20.5. The topological polar surface area (TPSA) is 84.2 Å². The number of esters is 1. The number of nitrogens with one attached hydrogen (secondary N) is 2. The van der Waals surface area contributed by atoms with Crippen LogP contribution in [0.1, 0.15) is 55.0 Å². The Morgan fingerprint density at radius 1 is 1.21 bits per heavy atom. The highest BCUT2D eigenvalue weighted by atomic mass is 32.1. The van der Waals surface area contributed by atoms with Crippen LogP contribution in [0, 0.1) is 4.77 Å². The van der Waals surface area contributed by atoms with Crippen LogP contribution in [0.15, 0.2) is 35.1 Å². The number of aromatic nitrogens is 2. The van der Waals surface area contributed by atoms with Crippen LogP contribution in [0.25, 0.3) is 0 Å². The first-order valence-corrected chi connectivity index (χ1v) is 10.1. The van der Waals surface area contributed by atoms with E-state index in [1.807, 2.05) is 18.2 Å². The molecule has 0 aliphatic carbocycles. The van der Waals surface area contributed by atoms with Gasteiger partial charge in [0.05, 0.1) is 24.9 Å². The summed E-state index contributed by atoms with van der Waals surface area (Å²) in [6.07, 6.45) is 4.70. The van der Waals surface area contributed by atoms with E-state index in [0.717, 1.165) is 25.0 Å². The summed E-state index contributed by atoms with van der Waals surface area (Å²) < 4.78 is 11.3. The summed E-state index contributed by atoms with van der Waals surface area (Å²) in [6.45, 7) is 0. The average molecular weight is 403 g/mol. The molecule has 0 spiro atoms. The molecule has 28 heavy (non-hydrogen) atoms. The predicted molar refractivity (Wildman–Crippen MR) is 109 cm³/mol. The van der Waals surface area contributed by atoms with Crippen LogP contribution < -0.4 is 5.56 Å². The minimum atomic E-state index is -0.294. The van der Waals surface area contributed by atoms with Gasteiger partial charge in [-0.25, -0.2) is 0 Å². The molecule has 2 atom stereocenters. The number of carbonyl (C=O) groups excluding carboxylic acids is 1. The number of ether oxygens (including phenoxy) is 2. The van der Waals surface area contributed by atoms with Crippen LogP contribution in [-0.4, -0.2) is 29.2 Å². The second-order valence-corrected chi connectivity index (χ2v) is 7.51. The van der Waals surface area contributed by atoms with E-state index in [2.05, 4.69) is 26.8 Å². The van der Waals surface area contributed by atoms with E-state index in [4.69, 9.17) is 17.0 Å². The number of carbonyl (C=O) groups is 1. The van der Waals surface area contributed by atoms with Gasteiger partial charge in [-0.1, -0.05) is 30.3 Å². The lowest BCUT2D eigenvalue weighted by atomic mass is 9.94. The Morgan fingerprint density at radius 2 is 2.00 bits per heavy atom. The van der Waals surface area contributed by atoms with Gasteiger partial charge >= 0.3 is 5.97 Å². The van der Waals surface area contributed by atoms with Crippen LogP contribution >= 0.6 is 12.2 Å². The highest BCUT2D eigenvalue weighted by molar-refractivity contribution is 7.71. The standard InChI is InChI=1S/C21H26N2O4S/c1-26-18(24)10-6-5-9-17-19-16(22-21(28)23-20(19)25)13-15(27-17)12-11-14-7-3-2-4-8-14/h2-4,7-8,15,17H,5-6,9-13H2,1H3,(H2,22,23,25,28)/t15-,17+/m1/s1. The van der Waals surface area contributed by atoms with Crippen molar-refractivity contribution in [1.29, 1.82) is 0 Å². The molecule has 0 saturated heterocycles. The molecule has 0 radical (unpaired) electrons. The zero-order valence-corrected chi connectivity index (χ0v) is 16.8. The molecule has 2 heterocycles. The smallest absolute Gasteiger partial charge is 0.305 e. The molecule has 1 aromatic carbocycles. The van der Waals surface area contributed by atoms with Crippen molar-refractivity contribution in [2.75, 3.05) is 7.11 Å². The number of methoxy groups -OCH3 is 1. The second kappa shape index (κ2) is 9.80. The quantitative estimate of drug-likeness (QED) is 0.399. The molecule has 1 aliphatic rings. The van der Waals surface area contributed by atoms with Crippen LogP contribution in [0.4, 0.5) is 0 Å². The number of unbranched alkanes of at least 4 members (excludes halogenated alkanes) is 1.